The Bertz CT molecular complexity index is 1090. The Morgan fingerprint density at radius 2 is 1.77 bits per heavy atom. The van der Waals surface area contributed by atoms with Crippen molar-refractivity contribution in [1.29, 1.82) is 0 Å². The molecule has 1 N–H and O–H groups in total. The van der Waals surface area contributed by atoms with Crippen LogP contribution in [-0.4, -0.2) is 36.5 Å². The molecule has 0 unspecified atom stereocenters. The van der Waals surface area contributed by atoms with Gasteiger partial charge in [0.05, 0.1) is 12.3 Å². The van der Waals surface area contributed by atoms with Crippen molar-refractivity contribution in [3.63, 3.8) is 0 Å². The van der Waals surface area contributed by atoms with Crippen LogP contribution in [0.15, 0.2) is 65.3 Å². The van der Waals surface area contributed by atoms with E-state index >= 15 is 0 Å². The lowest BCUT2D eigenvalue weighted by Gasteiger charge is -2.27. The first-order chi connectivity index (χ1) is 15.2. The summed E-state index contributed by atoms with van der Waals surface area (Å²) in [7, 11) is 0. The maximum Gasteiger partial charge on any atom is 0.291 e. The number of ether oxygens (including phenoxy) is 2. The fourth-order valence-corrected chi connectivity index (χ4v) is 4.09. The SMILES string of the molecule is O=C(Nc1ccc(C(=O)N2CCC[C@@H]2c2ccc3c(c2)OCCO3)cc1)c1ccco1. The summed E-state index contributed by atoms with van der Waals surface area (Å²) in [6.07, 6.45) is 3.30. The Balaban J connectivity index is 1.30. The van der Waals surface area contributed by atoms with Gasteiger partial charge < -0.3 is 24.1 Å². The van der Waals surface area contributed by atoms with Crippen molar-refractivity contribution < 1.29 is 23.5 Å². The number of furan rings is 1. The molecule has 0 saturated carbocycles. The first-order valence-corrected chi connectivity index (χ1v) is 10.3. The molecule has 1 saturated heterocycles. The van der Waals surface area contributed by atoms with Crippen molar-refractivity contribution in [3.05, 3.63) is 77.7 Å². The van der Waals surface area contributed by atoms with Crippen LogP contribution in [0.4, 0.5) is 5.69 Å². The smallest absolute Gasteiger partial charge is 0.291 e. The van der Waals surface area contributed by atoms with Gasteiger partial charge in [0.1, 0.15) is 13.2 Å². The minimum absolute atomic E-state index is 0.00154. The number of carbonyl (C=O) groups is 2. The van der Waals surface area contributed by atoms with Crippen LogP contribution in [-0.2, 0) is 0 Å². The summed E-state index contributed by atoms with van der Waals surface area (Å²) in [6.45, 7) is 1.79. The zero-order valence-corrected chi connectivity index (χ0v) is 16.9. The molecule has 3 aromatic rings. The first kappa shape index (κ1) is 19.2. The fraction of sp³-hybridized carbons (Fsp3) is 0.250. The van der Waals surface area contributed by atoms with Gasteiger partial charge in [-0.2, -0.15) is 0 Å². The summed E-state index contributed by atoms with van der Waals surface area (Å²) < 4.78 is 16.4. The second-order valence-electron chi connectivity index (χ2n) is 7.57. The van der Waals surface area contributed by atoms with Crippen molar-refractivity contribution in [2.24, 2.45) is 0 Å². The highest BCUT2D eigenvalue weighted by Crippen LogP contribution is 2.38. The van der Waals surface area contributed by atoms with E-state index in [-0.39, 0.29) is 23.6 Å². The van der Waals surface area contributed by atoms with Gasteiger partial charge in [0.2, 0.25) is 0 Å². The minimum atomic E-state index is -0.331. The van der Waals surface area contributed by atoms with Crippen LogP contribution in [0, 0.1) is 0 Å². The maximum atomic E-state index is 13.2. The van der Waals surface area contributed by atoms with E-state index in [0.717, 1.165) is 29.9 Å². The van der Waals surface area contributed by atoms with Crippen LogP contribution in [0.5, 0.6) is 11.5 Å². The number of amides is 2. The molecular formula is C24H22N2O5. The van der Waals surface area contributed by atoms with Gasteiger partial charge in [0.15, 0.2) is 17.3 Å². The predicted molar refractivity (Wildman–Crippen MR) is 114 cm³/mol. The molecule has 3 heterocycles. The first-order valence-electron chi connectivity index (χ1n) is 10.3. The molecule has 1 aromatic heterocycles. The lowest BCUT2D eigenvalue weighted by atomic mass is 10.0. The number of benzene rings is 2. The van der Waals surface area contributed by atoms with Gasteiger partial charge in [-0.1, -0.05) is 6.07 Å². The molecule has 0 radical (unpaired) electrons. The van der Waals surface area contributed by atoms with E-state index in [1.54, 1.807) is 36.4 Å². The summed E-state index contributed by atoms with van der Waals surface area (Å²) in [5, 5.41) is 2.76. The highest BCUT2D eigenvalue weighted by Gasteiger charge is 2.31. The quantitative estimate of drug-likeness (QED) is 0.684. The van der Waals surface area contributed by atoms with Gasteiger partial charge in [0, 0.05) is 17.8 Å². The topological polar surface area (TPSA) is 81.0 Å². The van der Waals surface area contributed by atoms with Crippen molar-refractivity contribution in [2.45, 2.75) is 18.9 Å². The average Bonchev–Trinajstić information content (AvgIpc) is 3.51. The second-order valence-corrected chi connectivity index (χ2v) is 7.57. The minimum Gasteiger partial charge on any atom is -0.486 e. The number of hydrogen-bond donors (Lipinski definition) is 1. The molecule has 5 rings (SSSR count). The molecule has 2 amide bonds. The molecule has 0 aliphatic carbocycles. The fourth-order valence-electron chi connectivity index (χ4n) is 4.09. The van der Waals surface area contributed by atoms with E-state index in [1.165, 1.54) is 6.26 Å². The Hall–Kier alpha value is -3.74. The molecule has 31 heavy (non-hydrogen) atoms. The molecule has 7 heteroatoms. The summed E-state index contributed by atoms with van der Waals surface area (Å²) in [4.78, 5) is 27.2. The van der Waals surface area contributed by atoms with E-state index in [1.807, 2.05) is 23.1 Å². The maximum absolute atomic E-state index is 13.2. The number of hydrogen-bond acceptors (Lipinski definition) is 5. The van der Waals surface area contributed by atoms with Gasteiger partial charge >= 0.3 is 0 Å². The number of anilines is 1. The zero-order valence-electron chi connectivity index (χ0n) is 16.9. The van der Waals surface area contributed by atoms with Crippen LogP contribution < -0.4 is 14.8 Å². The zero-order chi connectivity index (χ0) is 21.2. The summed E-state index contributed by atoms with van der Waals surface area (Å²) >= 11 is 0. The van der Waals surface area contributed by atoms with Crippen LogP contribution in [0.1, 0.15) is 45.4 Å². The number of likely N-dealkylation sites (tertiary alicyclic amines) is 1. The van der Waals surface area contributed by atoms with Crippen LogP contribution >= 0.6 is 0 Å². The van der Waals surface area contributed by atoms with Gasteiger partial charge in [-0.05, 0) is 66.9 Å². The molecule has 2 aliphatic heterocycles. The number of fused-ring (bicyclic) bond motifs is 1. The number of nitrogens with one attached hydrogen (secondary N) is 1. The molecule has 2 aliphatic rings. The van der Waals surface area contributed by atoms with Crippen LogP contribution in [0.2, 0.25) is 0 Å². The molecule has 7 nitrogen and oxygen atoms in total. The summed E-state index contributed by atoms with van der Waals surface area (Å²) in [5.74, 6) is 1.36. The molecule has 1 atom stereocenters. The van der Waals surface area contributed by atoms with E-state index in [4.69, 9.17) is 13.9 Å². The van der Waals surface area contributed by atoms with Crippen molar-refractivity contribution in [3.8, 4) is 11.5 Å². The molecule has 0 bridgehead atoms. The number of rotatable bonds is 4. The van der Waals surface area contributed by atoms with Crippen LogP contribution in [0.25, 0.3) is 0 Å². The summed E-state index contributed by atoms with van der Waals surface area (Å²) in [6, 6.07) is 16.1. The standard InChI is InChI=1S/C24H22N2O5/c27-23(21-4-2-12-29-21)25-18-8-5-16(6-9-18)24(28)26-11-1-3-19(26)17-7-10-20-22(15-17)31-14-13-30-20/h2,4-10,12,15,19H,1,3,11,13-14H2,(H,25,27)/t19-/m1/s1. The number of carbonyl (C=O) groups excluding carboxylic acids is 2. The molecular weight excluding hydrogens is 396 g/mol. The highest BCUT2D eigenvalue weighted by molar-refractivity contribution is 6.02. The predicted octanol–water partition coefficient (Wildman–Crippen LogP) is 4.28. The largest absolute Gasteiger partial charge is 0.486 e. The van der Waals surface area contributed by atoms with Gasteiger partial charge in [0.25, 0.3) is 11.8 Å². The Morgan fingerprint density at radius 1 is 0.968 bits per heavy atom. The van der Waals surface area contributed by atoms with E-state index in [2.05, 4.69) is 5.32 Å². The molecule has 158 valence electrons. The molecule has 1 fully saturated rings. The Kier molecular flexibility index (Phi) is 5.08. The van der Waals surface area contributed by atoms with Crippen molar-refractivity contribution in [1.82, 2.24) is 4.90 Å². The second kappa shape index (κ2) is 8.18. The lowest BCUT2D eigenvalue weighted by Crippen LogP contribution is -2.30. The summed E-state index contributed by atoms with van der Waals surface area (Å²) in [5.41, 5.74) is 2.24. The van der Waals surface area contributed by atoms with Crippen molar-refractivity contribution >= 4 is 17.5 Å². The highest BCUT2D eigenvalue weighted by atomic mass is 16.6. The van der Waals surface area contributed by atoms with E-state index < -0.39 is 0 Å². The van der Waals surface area contributed by atoms with Gasteiger partial charge in [-0.3, -0.25) is 9.59 Å². The number of nitrogens with zero attached hydrogens (tertiary/aromatic N) is 1. The van der Waals surface area contributed by atoms with E-state index in [0.29, 0.717) is 31.0 Å². The monoisotopic (exact) mass is 418 g/mol. The van der Waals surface area contributed by atoms with E-state index in [9.17, 15) is 9.59 Å². The Morgan fingerprint density at radius 3 is 2.55 bits per heavy atom. The third-order valence-corrected chi connectivity index (χ3v) is 5.60. The van der Waals surface area contributed by atoms with Gasteiger partial charge in [-0.25, -0.2) is 0 Å². The normalized spacial score (nSPS) is 17.4. The third-order valence-electron chi connectivity index (χ3n) is 5.60. The lowest BCUT2D eigenvalue weighted by molar-refractivity contribution is 0.0735. The van der Waals surface area contributed by atoms with Crippen LogP contribution in [0.3, 0.4) is 0 Å². The average molecular weight is 418 g/mol. The molecule has 2 aromatic carbocycles. The molecule has 0 spiro atoms. The van der Waals surface area contributed by atoms with Crippen molar-refractivity contribution in [2.75, 3.05) is 25.1 Å². The van der Waals surface area contributed by atoms with Gasteiger partial charge in [-0.15, -0.1) is 0 Å². The third kappa shape index (κ3) is 3.86. The Labute approximate surface area is 179 Å².